The normalized spacial score (nSPS) is 32.2. The van der Waals surface area contributed by atoms with E-state index in [2.05, 4.69) is 43.7 Å². The van der Waals surface area contributed by atoms with Crippen molar-refractivity contribution >= 4 is 28.7 Å². The van der Waals surface area contributed by atoms with Crippen LogP contribution < -0.4 is 5.32 Å². The average molecular weight is 375 g/mol. The van der Waals surface area contributed by atoms with Crippen molar-refractivity contribution < 1.29 is 9.53 Å². The number of carbonyl (C=O) groups is 1. The standard InChI is InChI=1S/C13H18IN3O2/c1-11(2,3)19-10(18)16-12-5-13(6-12,7-12)17-4-9(14)15-8-17/h4,8H,5-7H2,1-3H3,(H,16,18). The molecule has 1 N–H and O–H groups in total. The van der Waals surface area contributed by atoms with Crippen LogP contribution in [-0.2, 0) is 10.3 Å². The lowest BCUT2D eigenvalue weighted by molar-refractivity contribution is -0.136. The quantitative estimate of drug-likeness (QED) is 0.809. The first-order valence-electron chi connectivity index (χ1n) is 6.43. The Morgan fingerprint density at radius 2 is 2.11 bits per heavy atom. The highest BCUT2D eigenvalue weighted by molar-refractivity contribution is 14.1. The molecule has 104 valence electrons. The third-order valence-electron chi connectivity index (χ3n) is 3.87. The van der Waals surface area contributed by atoms with Crippen molar-refractivity contribution in [1.82, 2.24) is 14.9 Å². The van der Waals surface area contributed by atoms with Gasteiger partial charge >= 0.3 is 6.09 Å². The highest BCUT2D eigenvalue weighted by Gasteiger charge is 2.70. The first kappa shape index (κ1) is 13.2. The smallest absolute Gasteiger partial charge is 0.408 e. The van der Waals surface area contributed by atoms with Gasteiger partial charge in [-0.25, -0.2) is 9.78 Å². The minimum Gasteiger partial charge on any atom is -0.444 e. The molecule has 1 heterocycles. The van der Waals surface area contributed by atoms with Crippen LogP contribution in [0.3, 0.4) is 0 Å². The Morgan fingerprint density at radius 3 is 2.58 bits per heavy atom. The van der Waals surface area contributed by atoms with Gasteiger partial charge in [-0.1, -0.05) is 0 Å². The summed E-state index contributed by atoms with van der Waals surface area (Å²) in [6, 6.07) is 0. The van der Waals surface area contributed by atoms with Crippen LogP contribution in [0.15, 0.2) is 12.5 Å². The predicted octanol–water partition coefficient (Wildman–Crippen LogP) is 2.64. The fraction of sp³-hybridized carbons (Fsp3) is 0.692. The van der Waals surface area contributed by atoms with Crippen LogP contribution >= 0.6 is 22.6 Å². The molecule has 0 atom stereocenters. The summed E-state index contributed by atoms with van der Waals surface area (Å²) in [7, 11) is 0. The number of amides is 1. The molecule has 2 bridgehead atoms. The summed E-state index contributed by atoms with van der Waals surface area (Å²) in [6.07, 6.45) is 6.58. The highest BCUT2D eigenvalue weighted by Crippen LogP contribution is 2.65. The number of aromatic nitrogens is 2. The summed E-state index contributed by atoms with van der Waals surface area (Å²) in [5.74, 6) is 0. The van der Waals surface area contributed by atoms with E-state index in [4.69, 9.17) is 4.74 Å². The number of nitrogens with zero attached hydrogens (tertiary/aromatic N) is 2. The first-order valence-corrected chi connectivity index (χ1v) is 7.51. The van der Waals surface area contributed by atoms with Gasteiger partial charge in [0, 0.05) is 6.20 Å². The second-order valence-electron chi connectivity index (χ2n) is 6.77. The number of halogens is 1. The van der Waals surface area contributed by atoms with Crippen molar-refractivity contribution in [2.24, 2.45) is 0 Å². The number of hydrogen-bond donors (Lipinski definition) is 1. The summed E-state index contributed by atoms with van der Waals surface area (Å²) in [5.41, 5.74) is -0.296. The number of rotatable bonds is 2. The van der Waals surface area contributed by atoms with Crippen LogP contribution in [-0.4, -0.2) is 26.8 Å². The van der Waals surface area contributed by atoms with E-state index in [1.807, 2.05) is 27.1 Å². The lowest BCUT2D eigenvalue weighted by Crippen LogP contribution is -2.78. The molecule has 19 heavy (non-hydrogen) atoms. The van der Waals surface area contributed by atoms with Crippen LogP contribution in [0.2, 0.25) is 0 Å². The topological polar surface area (TPSA) is 56.1 Å². The van der Waals surface area contributed by atoms with E-state index in [1.54, 1.807) is 0 Å². The molecule has 0 aromatic carbocycles. The molecule has 0 radical (unpaired) electrons. The van der Waals surface area contributed by atoms with Gasteiger partial charge in [-0.3, -0.25) is 0 Å². The van der Waals surface area contributed by atoms with Gasteiger partial charge in [0.1, 0.15) is 9.30 Å². The monoisotopic (exact) mass is 375 g/mol. The third kappa shape index (κ3) is 2.23. The van der Waals surface area contributed by atoms with E-state index >= 15 is 0 Å². The zero-order chi connectivity index (χ0) is 13.9. The Morgan fingerprint density at radius 1 is 1.47 bits per heavy atom. The van der Waals surface area contributed by atoms with E-state index in [0.717, 1.165) is 23.0 Å². The molecule has 1 aromatic heterocycles. The molecule has 4 rings (SSSR count). The van der Waals surface area contributed by atoms with E-state index in [0.29, 0.717) is 0 Å². The maximum Gasteiger partial charge on any atom is 0.408 e. The molecule has 3 aliphatic rings. The Balaban J connectivity index is 1.57. The predicted molar refractivity (Wildman–Crippen MR) is 78.9 cm³/mol. The van der Waals surface area contributed by atoms with Crippen LogP contribution in [0.1, 0.15) is 40.0 Å². The molecule has 0 saturated heterocycles. The van der Waals surface area contributed by atoms with Crippen LogP contribution in [0.5, 0.6) is 0 Å². The molecule has 3 fully saturated rings. The van der Waals surface area contributed by atoms with E-state index in [9.17, 15) is 4.79 Å². The summed E-state index contributed by atoms with van der Waals surface area (Å²) < 4.78 is 8.50. The average Bonchev–Trinajstić information content (AvgIpc) is 2.52. The number of hydrogen-bond acceptors (Lipinski definition) is 3. The van der Waals surface area contributed by atoms with Crippen molar-refractivity contribution in [2.75, 3.05) is 0 Å². The number of imidazole rings is 1. The van der Waals surface area contributed by atoms with Gasteiger partial charge in [-0.05, 0) is 62.6 Å². The molecule has 0 aliphatic heterocycles. The van der Waals surface area contributed by atoms with Crippen molar-refractivity contribution in [1.29, 1.82) is 0 Å². The lowest BCUT2D eigenvalue weighted by Gasteiger charge is -2.70. The second kappa shape index (κ2) is 3.86. The Kier molecular flexibility index (Phi) is 2.69. The van der Waals surface area contributed by atoms with Gasteiger partial charge in [-0.15, -0.1) is 0 Å². The fourth-order valence-electron chi connectivity index (χ4n) is 3.22. The molecule has 3 aliphatic carbocycles. The van der Waals surface area contributed by atoms with E-state index in [1.165, 1.54) is 0 Å². The zero-order valence-corrected chi connectivity index (χ0v) is 13.5. The zero-order valence-electron chi connectivity index (χ0n) is 11.4. The lowest BCUT2D eigenvalue weighted by atomic mass is 9.44. The van der Waals surface area contributed by atoms with Crippen molar-refractivity contribution in [3.8, 4) is 0 Å². The Hall–Kier alpha value is -0.790. The Bertz CT molecular complexity index is 512. The number of ether oxygens (including phenoxy) is 1. The molecular weight excluding hydrogens is 357 g/mol. The van der Waals surface area contributed by atoms with Gasteiger partial charge in [0.15, 0.2) is 0 Å². The Labute approximate surface area is 126 Å². The fourth-order valence-corrected chi connectivity index (χ4v) is 3.64. The molecule has 0 unspecified atom stereocenters. The molecule has 5 nitrogen and oxygen atoms in total. The van der Waals surface area contributed by atoms with Crippen molar-refractivity contribution in [3.63, 3.8) is 0 Å². The maximum absolute atomic E-state index is 11.8. The number of nitrogens with one attached hydrogen (secondary N) is 1. The molecule has 3 saturated carbocycles. The van der Waals surface area contributed by atoms with Crippen LogP contribution in [0.4, 0.5) is 4.79 Å². The molecule has 1 amide bonds. The van der Waals surface area contributed by atoms with Gasteiger partial charge in [0.25, 0.3) is 0 Å². The molecule has 6 heteroatoms. The van der Waals surface area contributed by atoms with Gasteiger partial charge in [0.05, 0.1) is 17.4 Å². The second-order valence-corrected chi connectivity index (χ2v) is 7.87. The molecule has 0 spiro atoms. The minimum atomic E-state index is -0.439. The SMILES string of the molecule is CC(C)(C)OC(=O)NC12CC(n3cnc(I)c3)(C1)C2. The third-order valence-corrected chi connectivity index (χ3v) is 4.42. The van der Waals surface area contributed by atoms with Crippen LogP contribution in [0, 0.1) is 3.70 Å². The van der Waals surface area contributed by atoms with E-state index in [-0.39, 0.29) is 17.2 Å². The van der Waals surface area contributed by atoms with Gasteiger partial charge in [0.2, 0.25) is 0 Å². The summed E-state index contributed by atoms with van der Waals surface area (Å²) >= 11 is 2.21. The van der Waals surface area contributed by atoms with Crippen molar-refractivity contribution in [3.05, 3.63) is 16.2 Å². The number of carbonyl (C=O) groups excluding carboxylic acids is 1. The summed E-state index contributed by atoms with van der Waals surface area (Å²) in [4.78, 5) is 16.0. The van der Waals surface area contributed by atoms with Crippen LogP contribution in [0.25, 0.3) is 0 Å². The molecule has 1 aromatic rings. The highest BCUT2D eigenvalue weighted by atomic mass is 127. The molecular formula is C13H18IN3O2. The summed E-state index contributed by atoms with van der Waals surface area (Å²) in [6.45, 7) is 5.64. The first-order chi connectivity index (χ1) is 8.72. The maximum atomic E-state index is 11.8. The van der Waals surface area contributed by atoms with Gasteiger partial charge in [-0.2, -0.15) is 0 Å². The van der Waals surface area contributed by atoms with Gasteiger partial charge < -0.3 is 14.6 Å². The minimum absolute atomic E-state index is 0.0436. The number of alkyl carbamates (subject to hydrolysis) is 1. The summed E-state index contributed by atoms with van der Waals surface area (Å²) in [5, 5.41) is 3.02. The van der Waals surface area contributed by atoms with E-state index < -0.39 is 5.60 Å². The largest absolute Gasteiger partial charge is 0.444 e. The van der Waals surface area contributed by atoms with Crippen molar-refractivity contribution in [2.45, 2.75) is 56.7 Å².